The van der Waals surface area contributed by atoms with E-state index in [1.807, 2.05) is 0 Å². The van der Waals surface area contributed by atoms with Gasteiger partial charge in [-0.2, -0.15) is 18.3 Å². The smallest absolute Gasteiger partial charge is 0.433 e. The van der Waals surface area contributed by atoms with Crippen LogP contribution in [0.1, 0.15) is 78.9 Å². The van der Waals surface area contributed by atoms with Gasteiger partial charge in [0, 0.05) is 0 Å². The lowest BCUT2D eigenvalue weighted by Crippen LogP contribution is -2.43. The van der Waals surface area contributed by atoms with Crippen molar-refractivity contribution in [3.05, 3.63) is 51.3 Å². The maximum Gasteiger partial charge on any atom is 0.433 e. The van der Waals surface area contributed by atoms with E-state index in [1.54, 1.807) is 0 Å². The molecule has 1 aliphatic rings. The second-order valence-electron chi connectivity index (χ2n) is 10.3. The topological polar surface area (TPSA) is 92.5 Å². The Morgan fingerprint density at radius 1 is 1.13 bits per heavy atom. The summed E-state index contributed by atoms with van der Waals surface area (Å²) in [5.41, 5.74) is -5.44. The third-order valence-electron chi connectivity index (χ3n) is 6.65. The minimum atomic E-state index is -5.01. The molecule has 1 saturated carbocycles. The normalized spacial score (nSPS) is 20.3. The summed E-state index contributed by atoms with van der Waals surface area (Å²) in [6, 6.07) is 3.47. The Bertz CT molecular complexity index is 1210. The van der Waals surface area contributed by atoms with E-state index in [9.17, 15) is 37.1 Å². The first-order valence-electron chi connectivity index (χ1n) is 11.8. The van der Waals surface area contributed by atoms with E-state index in [0.717, 1.165) is 20.0 Å². The molecule has 3 rings (SSSR count). The molecule has 13 heteroatoms. The molecule has 38 heavy (non-hydrogen) atoms. The summed E-state index contributed by atoms with van der Waals surface area (Å²) in [4.78, 5) is 38.6. The number of aromatic nitrogens is 2. The van der Waals surface area contributed by atoms with Crippen LogP contribution in [0.25, 0.3) is 0 Å². The average Bonchev–Trinajstić information content (AvgIpc) is 3.23. The van der Waals surface area contributed by atoms with Gasteiger partial charge in [-0.15, -0.1) is 0 Å². The molecule has 0 atom stereocenters. The highest BCUT2D eigenvalue weighted by molar-refractivity contribution is 6.40. The van der Waals surface area contributed by atoms with Gasteiger partial charge in [0.25, 0.3) is 5.91 Å². The number of hydrogen-bond acceptors (Lipinski definition) is 4. The van der Waals surface area contributed by atoms with Gasteiger partial charge < -0.3 is 10.0 Å². The van der Waals surface area contributed by atoms with Crippen LogP contribution in [0.3, 0.4) is 0 Å². The molecule has 0 radical (unpaired) electrons. The van der Waals surface area contributed by atoms with Gasteiger partial charge in [-0.3, -0.25) is 19.1 Å². The van der Waals surface area contributed by atoms with Crippen molar-refractivity contribution in [2.24, 2.45) is 5.41 Å². The van der Waals surface area contributed by atoms with Crippen LogP contribution < -0.4 is 0 Å². The van der Waals surface area contributed by atoms with Crippen LogP contribution in [-0.2, 0) is 11.0 Å². The molecule has 1 N–H and O–H groups in total. The first-order chi connectivity index (χ1) is 17.4. The molecule has 1 aromatic carbocycles. The Morgan fingerprint density at radius 2 is 1.68 bits per heavy atom. The number of Topliss-reactive ketones (excluding diaryl/α,β-unsaturated/α-hetero) is 1. The minimum Gasteiger partial charge on any atom is -0.481 e. The van der Waals surface area contributed by atoms with Gasteiger partial charge in [-0.1, -0.05) is 29.3 Å². The van der Waals surface area contributed by atoms with E-state index in [-0.39, 0.29) is 41.3 Å². The highest BCUT2D eigenvalue weighted by atomic mass is 35.5. The molecule has 1 heterocycles. The average molecular weight is 580 g/mol. The lowest BCUT2D eigenvalue weighted by molar-refractivity contribution is -0.152. The Morgan fingerprint density at radius 3 is 2.16 bits per heavy atom. The molecule has 7 nitrogen and oxygen atoms in total. The van der Waals surface area contributed by atoms with E-state index < -0.39 is 65.3 Å². The molecule has 208 valence electrons. The summed E-state index contributed by atoms with van der Waals surface area (Å²) >= 11 is 12.1. The predicted octanol–water partition coefficient (Wildman–Crippen LogP) is 6.49. The summed E-state index contributed by atoms with van der Waals surface area (Å²) in [6.07, 6.45) is -3.80. The number of ketones is 1. The number of benzene rings is 1. The van der Waals surface area contributed by atoms with Crippen molar-refractivity contribution in [3.8, 4) is 0 Å². The van der Waals surface area contributed by atoms with Crippen LogP contribution in [0, 0.1) is 5.41 Å². The van der Waals surface area contributed by atoms with Gasteiger partial charge in [0.2, 0.25) is 0 Å². The molecule has 0 aliphatic heterocycles. The number of carbonyl (C=O) groups excluding carboxylic acids is 2. The molecule has 2 aromatic rings. The number of nitrogens with zero attached hydrogens (tertiary/aromatic N) is 3. The van der Waals surface area contributed by atoms with Gasteiger partial charge in [0.15, 0.2) is 11.5 Å². The summed E-state index contributed by atoms with van der Waals surface area (Å²) in [5.74, 6) is -3.05. The van der Waals surface area contributed by atoms with Crippen molar-refractivity contribution < 1.29 is 37.1 Å². The predicted molar refractivity (Wildman–Crippen MR) is 132 cm³/mol. The monoisotopic (exact) mass is 579 g/mol. The lowest BCUT2D eigenvalue weighted by Gasteiger charge is -2.34. The van der Waals surface area contributed by atoms with Crippen molar-refractivity contribution in [3.63, 3.8) is 0 Å². The number of halogens is 6. The summed E-state index contributed by atoms with van der Waals surface area (Å²) in [5, 5.41) is 13.2. The highest BCUT2D eigenvalue weighted by Gasteiger charge is 2.45. The van der Waals surface area contributed by atoms with Crippen molar-refractivity contribution in [2.45, 2.75) is 64.3 Å². The third-order valence-corrected chi connectivity index (χ3v) is 7.28. The maximum atomic E-state index is 14.6. The number of alkyl halides is 4. The number of hydrogen-bond donors (Lipinski definition) is 1. The number of amides is 1. The van der Waals surface area contributed by atoms with Gasteiger partial charge in [0.05, 0.1) is 51.9 Å². The number of carboxylic acid groups (broad SMARTS) is 1. The van der Waals surface area contributed by atoms with E-state index in [1.165, 1.54) is 25.1 Å². The number of carboxylic acids is 1. The van der Waals surface area contributed by atoms with Crippen LogP contribution in [0.5, 0.6) is 0 Å². The van der Waals surface area contributed by atoms with E-state index in [2.05, 4.69) is 5.10 Å². The van der Waals surface area contributed by atoms with Gasteiger partial charge in [0.1, 0.15) is 5.67 Å². The van der Waals surface area contributed by atoms with Crippen molar-refractivity contribution >= 4 is 40.9 Å². The standard InChI is InChI=1S/C25H27Cl2F4N3O4/c1-23(2,28)13-33(12-18(35)19-16(26)5-4-6-17(19)27)21(36)15-11-32-34(20(15)25(29,30)31)14-7-9-24(3,10-8-14)22(37)38/h4-6,11,14H,7-10,12-13H2,1-3H3,(H,37,38). The Balaban J connectivity index is 1.98. The fraction of sp³-hybridized carbons (Fsp3) is 0.520. The summed E-state index contributed by atoms with van der Waals surface area (Å²) in [7, 11) is 0. The van der Waals surface area contributed by atoms with E-state index >= 15 is 0 Å². The number of rotatable bonds is 8. The van der Waals surface area contributed by atoms with Crippen LogP contribution >= 0.6 is 23.2 Å². The molecular weight excluding hydrogens is 553 g/mol. The Labute approximate surface area is 226 Å². The molecule has 0 unspecified atom stereocenters. The van der Waals surface area contributed by atoms with Crippen molar-refractivity contribution in [1.29, 1.82) is 0 Å². The molecule has 0 spiro atoms. The lowest BCUT2D eigenvalue weighted by atomic mass is 9.74. The third kappa shape index (κ3) is 6.48. The number of aliphatic carboxylic acids is 1. The zero-order valence-corrected chi connectivity index (χ0v) is 22.4. The zero-order chi connectivity index (χ0) is 28.6. The number of carbonyl (C=O) groups is 3. The fourth-order valence-corrected chi connectivity index (χ4v) is 5.22. The van der Waals surface area contributed by atoms with Crippen molar-refractivity contribution in [1.82, 2.24) is 14.7 Å². The van der Waals surface area contributed by atoms with Gasteiger partial charge in [-0.05, 0) is 58.6 Å². The first kappa shape index (κ1) is 29.9. The second kappa shape index (κ2) is 10.8. The summed E-state index contributed by atoms with van der Waals surface area (Å²) < 4.78 is 58.2. The largest absolute Gasteiger partial charge is 0.481 e. The summed E-state index contributed by atoms with van der Waals surface area (Å²) in [6.45, 7) is 2.31. The van der Waals surface area contributed by atoms with E-state index in [4.69, 9.17) is 23.2 Å². The van der Waals surface area contributed by atoms with Crippen LogP contribution in [0.4, 0.5) is 17.6 Å². The van der Waals surface area contributed by atoms with Crippen molar-refractivity contribution in [2.75, 3.05) is 13.1 Å². The second-order valence-corrected chi connectivity index (χ2v) is 11.2. The Hall–Kier alpha value is -2.66. The fourth-order valence-electron chi connectivity index (χ4n) is 4.62. The molecule has 1 aliphatic carbocycles. The van der Waals surface area contributed by atoms with Crippen LogP contribution in [0.2, 0.25) is 10.0 Å². The van der Waals surface area contributed by atoms with E-state index in [0.29, 0.717) is 9.58 Å². The first-order valence-corrected chi connectivity index (χ1v) is 12.5. The maximum absolute atomic E-state index is 14.6. The Kier molecular flexibility index (Phi) is 8.53. The molecule has 1 aromatic heterocycles. The SMILES string of the molecule is CC(C)(F)CN(CC(=O)c1c(Cl)cccc1Cl)C(=O)c1cnn(C2CCC(C)(C(=O)O)CC2)c1C(F)(F)F. The minimum absolute atomic E-state index is 0.0242. The molecular formula is C25H27Cl2F4N3O4. The van der Waals surface area contributed by atoms with Crippen LogP contribution in [0.15, 0.2) is 24.4 Å². The highest BCUT2D eigenvalue weighted by Crippen LogP contribution is 2.43. The van der Waals surface area contributed by atoms with Gasteiger partial charge >= 0.3 is 12.1 Å². The van der Waals surface area contributed by atoms with Crippen LogP contribution in [-0.4, -0.2) is 56.2 Å². The zero-order valence-electron chi connectivity index (χ0n) is 20.9. The molecule has 1 amide bonds. The quantitative estimate of drug-likeness (QED) is 0.285. The van der Waals surface area contributed by atoms with Gasteiger partial charge in [-0.25, -0.2) is 4.39 Å². The molecule has 0 bridgehead atoms. The molecule has 0 saturated heterocycles. The molecule has 1 fully saturated rings.